The van der Waals surface area contributed by atoms with E-state index in [4.69, 9.17) is 0 Å². The Kier molecular flexibility index (Phi) is 4.88. The first-order valence-corrected chi connectivity index (χ1v) is 8.01. The van der Waals surface area contributed by atoms with Gasteiger partial charge in [0, 0.05) is 24.4 Å². The quantitative estimate of drug-likeness (QED) is 0.854. The third kappa shape index (κ3) is 3.13. The van der Waals surface area contributed by atoms with Crippen LogP contribution >= 0.6 is 0 Å². The molecule has 4 unspecified atom stereocenters. The fourth-order valence-electron chi connectivity index (χ4n) is 3.64. The number of rotatable bonds is 3. The number of aliphatic hydroxyl groups excluding tert-OH is 1. The van der Waals surface area contributed by atoms with Crippen LogP contribution in [0, 0.1) is 17.8 Å². The Morgan fingerprint density at radius 3 is 2.42 bits per heavy atom. The third-order valence-corrected chi connectivity index (χ3v) is 5.25. The van der Waals surface area contributed by atoms with Crippen molar-refractivity contribution in [1.82, 2.24) is 4.90 Å². The first-order valence-electron chi connectivity index (χ1n) is 8.01. The molecule has 1 aliphatic heterocycles. The highest BCUT2D eigenvalue weighted by Gasteiger charge is 2.39. The van der Waals surface area contributed by atoms with Gasteiger partial charge in [-0.3, -0.25) is 4.79 Å². The summed E-state index contributed by atoms with van der Waals surface area (Å²) >= 11 is 0. The maximum Gasteiger partial charge on any atom is 0.225 e. The Hall–Kier alpha value is -0.570. The number of likely N-dealkylation sites (tertiary alicyclic amines) is 1. The summed E-state index contributed by atoms with van der Waals surface area (Å²) in [6, 6.07) is 0.292. The molecule has 3 heteroatoms. The van der Waals surface area contributed by atoms with E-state index in [2.05, 4.69) is 18.7 Å². The summed E-state index contributed by atoms with van der Waals surface area (Å²) in [6.07, 6.45) is 6.34. The van der Waals surface area contributed by atoms with Crippen molar-refractivity contribution in [3.8, 4) is 0 Å². The molecule has 110 valence electrons. The van der Waals surface area contributed by atoms with Crippen LogP contribution in [0.25, 0.3) is 0 Å². The molecule has 0 bridgehead atoms. The standard InChI is InChI=1S/C16H29NO2/c1-11(2)12(3)16(19)17-10-5-4-8-14(17)13-7-6-9-15(13)18/h11-15,18H,4-10H2,1-3H3. The summed E-state index contributed by atoms with van der Waals surface area (Å²) < 4.78 is 0. The van der Waals surface area contributed by atoms with Crippen molar-refractivity contribution in [3.63, 3.8) is 0 Å². The monoisotopic (exact) mass is 267 g/mol. The first-order chi connectivity index (χ1) is 9.02. The van der Waals surface area contributed by atoms with E-state index in [0.29, 0.717) is 23.8 Å². The first kappa shape index (κ1) is 14.8. The largest absolute Gasteiger partial charge is 0.393 e. The number of piperidine rings is 1. The van der Waals surface area contributed by atoms with Crippen LogP contribution in [0.2, 0.25) is 0 Å². The van der Waals surface area contributed by atoms with Gasteiger partial charge in [0.1, 0.15) is 0 Å². The lowest BCUT2D eigenvalue weighted by molar-refractivity contribution is -0.142. The highest BCUT2D eigenvalue weighted by molar-refractivity contribution is 5.79. The second-order valence-electron chi connectivity index (χ2n) is 6.79. The molecule has 0 aromatic carbocycles. The molecule has 0 aromatic heterocycles. The van der Waals surface area contributed by atoms with E-state index in [0.717, 1.165) is 38.6 Å². The van der Waals surface area contributed by atoms with Gasteiger partial charge in [0.05, 0.1) is 6.10 Å². The number of aliphatic hydroxyl groups is 1. The molecule has 0 radical (unpaired) electrons. The van der Waals surface area contributed by atoms with E-state index < -0.39 is 0 Å². The zero-order valence-electron chi connectivity index (χ0n) is 12.6. The predicted molar refractivity (Wildman–Crippen MR) is 76.7 cm³/mol. The molecule has 2 aliphatic rings. The molecule has 3 nitrogen and oxygen atoms in total. The minimum Gasteiger partial charge on any atom is -0.393 e. The second-order valence-corrected chi connectivity index (χ2v) is 6.79. The molecule has 2 fully saturated rings. The van der Waals surface area contributed by atoms with E-state index in [9.17, 15) is 9.90 Å². The Bertz CT molecular complexity index is 316. The molecule has 1 aliphatic carbocycles. The molecule has 1 amide bonds. The van der Waals surface area contributed by atoms with E-state index in [1.807, 2.05) is 6.92 Å². The van der Waals surface area contributed by atoms with Gasteiger partial charge in [0.2, 0.25) is 5.91 Å². The SMILES string of the molecule is CC(C)C(C)C(=O)N1CCCCC1C1CCCC1O. The van der Waals surface area contributed by atoms with Crippen molar-refractivity contribution in [2.24, 2.45) is 17.8 Å². The highest BCUT2D eigenvalue weighted by atomic mass is 16.3. The lowest BCUT2D eigenvalue weighted by Crippen LogP contribution is -2.51. The molecule has 19 heavy (non-hydrogen) atoms. The topological polar surface area (TPSA) is 40.5 Å². The van der Waals surface area contributed by atoms with Crippen LogP contribution in [0.1, 0.15) is 59.3 Å². The summed E-state index contributed by atoms with van der Waals surface area (Å²) in [6.45, 7) is 7.17. The van der Waals surface area contributed by atoms with E-state index in [-0.39, 0.29) is 12.0 Å². The second kappa shape index (κ2) is 6.25. The van der Waals surface area contributed by atoms with Crippen LogP contribution in [-0.2, 0) is 4.79 Å². The number of hydrogen-bond donors (Lipinski definition) is 1. The minimum absolute atomic E-state index is 0.0964. The molecule has 1 heterocycles. The van der Waals surface area contributed by atoms with Gasteiger partial charge in [0.15, 0.2) is 0 Å². The fraction of sp³-hybridized carbons (Fsp3) is 0.938. The van der Waals surface area contributed by atoms with Crippen molar-refractivity contribution in [1.29, 1.82) is 0 Å². The number of amides is 1. The van der Waals surface area contributed by atoms with Gasteiger partial charge in [-0.2, -0.15) is 0 Å². The Labute approximate surface area is 117 Å². The number of carbonyl (C=O) groups excluding carboxylic acids is 1. The van der Waals surface area contributed by atoms with Crippen LogP contribution in [0.3, 0.4) is 0 Å². The smallest absolute Gasteiger partial charge is 0.225 e. The Balaban J connectivity index is 2.09. The molecular formula is C16H29NO2. The van der Waals surface area contributed by atoms with Gasteiger partial charge in [-0.25, -0.2) is 0 Å². The third-order valence-electron chi connectivity index (χ3n) is 5.25. The van der Waals surface area contributed by atoms with Gasteiger partial charge in [0.25, 0.3) is 0 Å². The molecule has 1 saturated carbocycles. The maximum absolute atomic E-state index is 12.7. The zero-order chi connectivity index (χ0) is 14.0. The Morgan fingerprint density at radius 2 is 1.84 bits per heavy atom. The molecule has 4 atom stereocenters. The summed E-state index contributed by atoms with van der Waals surface area (Å²) in [5, 5.41) is 10.2. The van der Waals surface area contributed by atoms with Crippen molar-refractivity contribution in [3.05, 3.63) is 0 Å². The van der Waals surface area contributed by atoms with Crippen LogP contribution in [0.15, 0.2) is 0 Å². The minimum atomic E-state index is -0.187. The highest BCUT2D eigenvalue weighted by Crippen LogP contribution is 2.36. The summed E-state index contributed by atoms with van der Waals surface area (Å²) in [7, 11) is 0. The number of nitrogens with zero attached hydrogens (tertiary/aromatic N) is 1. The van der Waals surface area contributed by atoms with Crippen molar-refractivity contribution in [2.45, 2.75) is 71.4 Å². The normalized spacial score (nSPS) is 33.7. The predicted octanol–water partition coefficient (Wildman–Crippen LogP) is 2.82. The van der Waals surface area contributed by atoms with E-state index >= 15 is 0 Å². The summed E-state index contributed by atoms with van der Waals surface area (Å²) in [4.78, 5) is 14.8. The molecular weight excluding hydrogens is 238 g/mol. The average molecular weight is 267 g/mol. The lowest BCUT2D eigenvalue weighted by atomic mass is 9.86. The number of hydrogen-bond acceptors (Lipinski definition) is 2. The molecule has 0 aromatic rings. The van der Waals surface area contributed by atoms with Gasteiger partial charge in [-0.15, -0.1) is 0 Å². The maximum atomic E-state index is 12.7. The van der Waals surface area contributed by atoms with Gasteiger partial charge >= 0.3 is 0 Å². The van der Waals surface area contributed by atoms with Crippen molar-refractivity contribution in [2.75, 3.05) is 6.54 Å². The number of carbonyl (C=O) groups is 1. The van der Waals surface area contributed by atoms with Crippen molar-refractivity contribution >= 4 is 5.91 Å². The summed E-state index contributed by atoms with van der Waals surface area (Å²) in [5.41, 5.74) is 0. The molecule has 2 rings (SSSR count). The van der Waals surface area contributed by atoms with Gasteiger partial charge in [-0.05, 0) is 38.0 Å². The van der Waals surface area contributed by atoms with Gasteiger partial charge in [-0.1, -0.05) is 27.2 Å². The van der Waals surface area contributed by atoms with E-state index in [1.54, 1.807) is 0 Å². The molecule has 0 spiro atoms. The van der Waals surface area contributed by atoms with Gasteiger partial charge < -0.3 is 10.0 Å². The van der Waals surface area contributed by atoms with Crippen molar-refractivity contribution < 1.29 is 9.90 Å². The molecule has 1 N–H and O–H groups in total. The molecule has 1 saturated heterocycles. The van der Waals surface area contributed by atoms with Crippen LogP contribution in [0.4, 0.5) is 0 Å². The Morgan fingerprint density at radius 1 is 1.11 bits per heavy atom. The fourth-order valence-corrected chi connectivity index (χ4v) is 3.64. The lowest BCUT2D eigenvalue weighted by Gasteiger charge is -2.42. The zero-order valence-corrected chi connectivity index (χ0v) is 12.6. The average Bonchev–Trinajstić information content (AvgIpc) is 2.83. The van der Waals surface area contributed by atoms with Crippen LogP contribution in [-0.4, -0.2) is 34.6 Å². The van der Waals surface area contributed by atoms with Crippen LogP contribution in [0.5, 0.6) is 0 Å². The summed E-state index contributed by atoms with van der Waals surface area (Å²) in [5.74, 6) is 1.12. The van der Waals surface area contributed by atoms with E-state index in [1.165, 1.54) is 6.42 Å². The van der Waals surface area contributed by atoms with Crippen LogP contribution < -0.4 is 0 Å².